The summed E-state index contributed by atoms with van der Waals surface area (Å²) in [5, 5.41) is 9.15. The van der Waals surface area contributed by atoms with Crippen molar-refractivity contribution in [2.24, 2.45) is 5.92 Å². The number of carboxylic acids is 1. The minimum absolute atomic E-state index is 0.0966. The summed E-state index contributed by atoms with van der Waals surface area (Å²) >= 11 is 3.39. The monoisotopic (exact) mass is 342 g/mol. The van der Waals surface area contributed by atoms with Crippen molar-refractivity contribution in [2.45, 2.75) is 39.3 Å². The molecule has 1 aromatic rings. The Morgan fingerprint density at radius 3 is 2.60 bits per heavy atom. The van der Waals surface area contributed by atoms with E-state index in [0.717, 1.165) is 4.47 Å². The highest BCUT2D eigenvalue weighted by Crippen LogP contribution is 2.28. The summed E-state index contributed by atoms with van der Waals surface area (Å²) in [6.07, 6.45) is 2.40. The van der Waals surface area contributed by atoms with Crippen molar-refractivity contribution in [3.05, 3.63) is 22.4 Å². The first-order valence-corrected chi connectivity index (χ1v) is 7.53. The number of nitrogens with zero attached hydrogens (tertiary/aromatic N) is 2. The van der Waals surface area contributed by atoms with Crippen molar-refractivity contribution in [1.29, 1.82) is 0 Å². The van der Waals surface area contributed by atoms with E-state index in [9.17, 15) is 9.59 Å². The van der Waals surface area contributed by atoms with Crippen LogP contribution in [0.5, 0.6) is 0 Å². The Bertz CT molecular complexity index is 539. The Morgan fingerprint density at radius 2 is 2.10 bits per heavy atom. The number of aromatic nitrogens is 1. The van der Waals surface area contributed by atoms with Gasteiger partial charge in [-0.25, -0.2) is 0 Å². The zero-order chi connectivity index (χ0) is 15.0. The van der Waals surface area contributed by atoms with E-state index in [-0.39, 0.29) is 18.0 Å². The van der Waals surface area contributed by atoms with E-state index in [1.54, 1.807) is 17.9 Å². The molecule has 0 aromatic carbocycles. The van der Waals surface area contributed by atoms with Crippen molar-refractivity contribution < 1.29 is 14.7 Å². The molecule has 1 saturated heterocycles. The van der Waals surface area contributed by atoms with E-state index >= 15 is 0 Å². The molecule has 2 heterocycles. The highest BCUT2D eigenvalue weighted by Gasteiger charge is 2.39. The fourth-order valence-electron chi connectivity index (χ4n) is 2.75. The molecule has 2 rings (SSSR count). The summed E-state index contributed by atoms with van der Waals surface area (Å²) in [4.78, 5) is 25.5. The van der Waals surface area contributed by atoms with Gasteiger partial charge in [0.05, 0.1) is 5.92 Å². The van der Waals surface area contributed by atoms with Crippen molar-refractivity contribution in [3.8, 4) is 0 Å². The molecule has 1 N–H and O–H groups in total. The SMILES string of the molecule is CC1C(C(=O)O)CCN1C(=O)c1cc(Br)cn1C(C)C. The average Bonchev–Trinajstić information content (AvgIpc) is 2.91. The number of rotatable bonds is 3. The molecular formula is C14H19BrN2O3. The fourth-order valence-corrected chi connectivity index (χ4v) is 3.19. The van der Waals surface area contributed by atoms with Gasteiger partial charge < -0.3 is 14.6 Å². The summed E-state index contributed by atoms with van der Waals surface area (Å²) in [6.45, 7) is 6.33. The molecule has 110 valence electrons. The summed E-state index contributed by atoms with van der Waals surface area (Å²) < 4.78 is 2.77. The molecule has 2 atom stereocenters. The Hall–Kier alpha value is -1.30. The molecule has 5 nitrogen and oxygen atoms in total. The number of hydrogen-bond acceptors (Lipinski definition) is 2. The molecule has 0 bridgehead atoms. The number of halogens is 1. The normalized spacial score (nSPS) is 22.6. The van der Waals surface area contributed by atoms with Crippen LogP contribution in [0, 0.1) is 5.92 Å². The lowest BCUT2D eigenvalue weighted by Gasteiger charge is -2.24. The predicted molar refractivity (Wildman–Crippen MR) is 78.8 cm³/mol. The molecule has 0 aliphatic carbocycles. The van der Waals surface area contributed by atoms with Gasteiger partial charge >= 0.3 is 5.97 Å². The van der Waals surface area contributed by atoms with Gasteiger partial charge in [0, 0.05) is 29.3 Å². The van der Waals surface area contributed by atoms with Crippen molar-refractivity contribution in [3.63, 3.8) is 0 Å². The van der Waals surface area contributed by atoms with Crippen LogP contribution in [-0.2, 0) is 4.79 Å². The highest BCUT2D eigenvalue weighted by molar-refractivity contribution is 9.10. The molecule has 6 heteroatoms. The van der Waals surface area contributed by atoms with Gasteiger partial charge in [-0.3, -0.25) is 9.59 Å². The van der Waals surface area contributed by atoms with Gasteiger partial charge in [-0.1, -0.05) is 0 Å². The van der Waals surface area contributed by atoms with Gasteiger partial charge in [-0.05, 0) is 49.2 Å². The second kappa shape index (κ2) is 5.60. The topological polar surface area (TPSA) is 62.5 Å². The van der Waals surface area contributed by atoms with Crippen LogP contribution < -0.4 is 0 Å². The molecule has 0 saturated carbocycles. The van der Waals surface area contributed by atoms with Crippen LogP contribution in [0.4, 0.5) is 0 Å². The molecule has 1 amide bonds. The zero-order valence-corrected chi connectivity index (χ0v) is 13.4. The third-order valence-electron chi connectivity index (χ3n) is 3.92. The minimum atomic E-state index is -0.826. The predicted octanol–water partition coefficient (Wildman–Crippen LogP) is 2.77. The first-order chi connectivity index (χ1) is 9.32. The van der Waals surface area contributed by atoms with Crippen LogP contribution in [0.2, 0.25) is 0 Å². The molecule has 1 aromatic heterocycles. The van der Waals surface area contributed by atoms with E-state index in [1.165, 1.54) is 0 Å². The Morgan fingerprint density at radius 1 is 1.45 bits per heavy atom. The summed E-state index contributed by atoms with van der Waals surface area (Å²) in [5.74, 6) is -1.39. The molecule has 1 fully saturated rings. The minimum Gasteiger partial charge on any atom is -0.481 e. The molecule has 0 radical (unpaired) electrons. The number of hydrogen-bond donors (Lipinski definition) is 1. The van der Waals surface area contributed by atoms with Crippen molar-refractivity contribution in [2.75, 3.05) is 6.54 Å². The van der Waals surface area contributed by atoms with E-state index in [4.69, 9.17) is 5.11 Å². The van der Waals surface area contributed by atoms with Gasteiger partial charge in [-0.2, -0.15) is 0 Å². The highest BCUT2D eigenvalue weighted by atomic mass is 79.9. The summed E-state index contributed by atoms with van der Waals surface area (Å²) in [7, 11) is 0. The largest absolute Gasteiger partial charge is 0.481 e. The van der Waals surface area contributed by atoms with Crippen LogP contribution >= 0.6 is 15.9 Å². The Kier molecular flexibility index (Phi) is 4.22. The van der Waals surface area contributed by atoms with E-state index in [1.807, 2.05) is 24.6 Å². The van der Waals surface area contributed by atoms with E-state index < -0.39 is 11.9 Å². The van der Waals surface area contributed by atoms with Gasteiger partial charge in [0.15, 0.2) is 0 Å². The molecule has 1 aliphatic heterocycles. The van der Waals surface area contributed by atoms with Crippen LogP contribution in [0.15, 0.2) is 16.7 Å². The number of amides is 1. The quantitative estimate of drug-likeness (QED) is 0.918. The first-order valence-electron chi connectivity index (χ1n) is 6.74. The van der Waals surface area contributed by atoms with Crippen LogP contribution in [-0.4, -0.2) is 39.0 Å². The van der Waals surface area contributed by atoms with E-state index in [0.29, 0.717) is 18.7 Å². The van der Waals surface area contributed by atoms with Gasteiger partial charge in [-0.15, -0.1) is 0 Å². The molecule has 20 heavy (non-hydrogen) atoms. The third kappa shape index (κ3) is 2.61. The number of likely N-dealkylation sites (tertiary alicyclic amines) is 1. The second-order valence-electron chi connectivity index (χ2n) is 5.52. The van der Waals surface area contributed by atoms with E-state index in [2.05, 4.69) is 15.9 Å². The lowest BCUT2D eigenvalue weighted by molar-refractivity contribution is -0.142. The van der Waals surface area contributed by atoms with Gasteiger partial charge in [0.2, 0.25) is 0 Å². The van der Waals surface area contributed by atoms with Crippen LogP contribution in [0.1, 0.15) is 43.7 Å². The van der Waals surface area contributed by atoms with Gasteiger partial charge in [0.25, 0.3) is 5.91 Å². The third-order valence-corrected chi connectivity index (χ3v) is 4.36. The Labute approximate surface area is 126 Å². The molecular weight excluding hydrogens is 324 g/mol. The molecule has 0 spiro atoms. The lowest BCUT2D eigenvalue weighted by atomic mass is 10.0. The maximum atomic E-state index is 12.7. The van der Waals surface area contributed by atoms with Crippen molar-refractivity contribution >= 4 is 27.8 Å². The standard InChI is InChI=1S/C14H19BrN2O3/c1-8(2)17-7-10(15)6-12(17)13(18)16-5-4-11(9(16)3)14(19)20/h6-9,11H,4-5H2,1-3H3,(H,19,20). The number of carboxylic acid groups (broad SMARTS) is 1. The Balaban J connectivity index is 2.27. The smallest absolute Gasteiger partial charge is 0.308 e. The number of carbonyl (C=O) groups excluding carboxylic acids is 1. The van der Waals surface area contributed by atoms with Crippen LogP contribution in [0.3, 0.4) is 0 Å². The molecule has 1 aliphatic rings. The summed E-state index contributed by atoms with van der Waals surface area (Å²) in [5.41, 5.74) is 0.602. The van der Waals surface area contributed by atoms with Crippen molar-refractivity contribution in [1.82, 2.24) is 9.47 Å². The summed E-state index contributed by atoms with van der Waals surface area (Å²) in [6, 6.07) is 1.70. The number of aliphatic carboxylic acids is 1. The van der Waals surface area contributed by atoms with Gasteiger partial charge in [0.1, 0.15) is 5.69 Å². The second-order valence-corrected chi connectivity index (χ2v) is 6.43. The molecule has 2 unspecified atom stereocenters. The lowest BCUT2D eigenvalue weighted by Crippen LogP contribution is -2.38. The maximum absolute atomic E-state index is 12.7. The number of carbonyl (C=O) groups is 2. The first kappa shape index (κ1) is 15.1. The average molecular weight is 343 g/mol. The van der Waals surface area contributed by atoms with Crippen LogP contribution in [0.25, 0.3) is 0 Å². The zero-order valence-electron chi connectivity index (χ0n) is 11.8. The maximum Gasteiger partial charge on any atom is 0.308 e. The fraction of sp³-hybridized carbons (Fsp3) is 0.571.